The van der Waals surface area contributed by atoms with Gasteiger partial charge in [-0.1, -0.05) is 12.1 Å². The van der Waals surface area contributed by atoms with Crippen LogP contribution in [0.5, 0.6) is 0 Å². The quantitative estimate of drug-likeness (QED) is 0.591. The number of nitrogens with one attached hydrogen (secondary N) is 2. The first kappa shape index (κ1) is 23.4. The third-order valence-corrected chi connectivity index (χ3v) is 6.79. The third kappa shape index (κ3) is 5.48. The molecule has 170 valence electrons. The lowest BCUT2D eigenvalue weighted by Crippen LogP contribution is -2.49. The predicted octanol–water partition coefficient (Wildman–Crippen LogP) is 0.980. The Labute approximate surface area is 184 Å². The number of carbonyl (C=O) groups excluding carboxylic acids is 3. The highest BCUT2D eigenvalue weighted by Crippen LogP contribution is 2.21. The number of nitrogens with zero attached hydrogens (tertiary/aromatic N) is 1. The summed E-state index contributed by atoms with van der Waals surface area (Å²) >= 11 is 0. The fraction of sp³-hybridized carbons (Fsp3) is 0.286. The standard InChI is InChI=1S/C21H22FN3O6S/c1-31-20(27)12-18(14-2-6-16(22)7-3-14)24-21(28)15-4-8-17(9-5-15)32(29,30)25-11-10-23-19(26)13-25/h2-9,18H,10-13H2,1H3,(H,23,26)(H,24,28). The molecule has 2 aromatic rings. The van der Waals surface area contributed by atoms with Crippen molar-refractivity contribution in [3.8, 4) is 0 Å². The molecule has 1 aliphatic heterocycles. The summed E-state index contributed by atoms with van der Waals surface area (Å²) in [7, 11) is -2.66. The molecule has 0 aromatic heterocycles. The van der Waals surface area contributed by atoms with Gasteiger partial charge < -0.3 is 15.4 Å². The van der Waals surface area contributed by atoms with Gasteiger partial charge in [-0.05, 0) is 42.0 Å². The van der Waals surface area contributed by atoms with E-state index in [2.05, 4.69) is 15.4 Å². The Morgan fingerprint density at radius 2 is 1.81 bits per heavy atom. The van der Waals surface area contributed by atoms with Crippen molar-refractivity contribution in [1.82, 2.24) is 14.9 Å². The SMILES string of the molecule is COC(=O)CC(NC(=O)c1ccc(S(=O)(=O)N2CCNC(=O)C2)cc1)c1ccc(F)cc1. The molecule has 9 nitrogen and oxygen atoms in total. The van der Waals surface area contributed by atoms with Gasteiger partial charge in [0.15, 0.2) is 0 Å². The zero-order valence-corrected chi connectivity index (χ0v) is 18.0. The molecule has 0 saturated carbocycles. The fourth-order valence-electron chi connectivity index (χ4n) is 3.19. The van der Waals surface area contributed by atoms with Crippen LogP contribution >= 0.6 is 0 Å². The van der Waals surface area contributed by atoms with Crippen LogP contribution in [0.3, 0.4) is 0 Å². The molecular formula is C21H22FN3O6S. The second kappa shape index (κ2) is 9.88. The van der Waals surface area contributed by atoms with Gasteiger partial charge in [0.1, 0.15) is 5.82 Å². The molecule has 2 aromatic carbocycles. The number of piperazine rings is 1. The minimum atomic E-state index is -3.88. The number of rotatable bonds is 7. The van der Waals surface area contributed by atoms with E-state index in [1.54, 1.807) is 0 Å². The number of benzene rings is 2. The summed E-state index contributed by atoms with van der Waals surface area (Å²) < 4.78 is 44.4. The summed E-state index contributed by atoms with van der Waals surface area (Å²) in [4.78, 5) is 35.9. The summed E-state index contributed by atoms with van der Waals surface area (Å²) in [5, 5.41) is 5.25. The molecule has 11 heteroatoms. The number of esters is 1. The fourth-order valence-corrected chi connectivity index (χ4v) is 4.58. The van der Waals surface area contributed by atoms with E-state index >= 15 is 0 Å². The summed E-state index contributed by atoms with van der Waals surface area (Å²) in [5.74, 6) is -1.95. The largest absolute Gasteiger partial charge is 0.469 e. The van der Waals surface area contributed by atoms with Crippen LogP contribution in [0.25, 0.3) is 0 Å². The molecule has 32 heavy (non-hydrogen) atoms. The molecule has 0 spiro atoms. The smallest absolute Gasteiger partial charge is 0.307 e. The maximum absolute atomic E-state index is 13.2. The van der Waals surface area contributed by atoms with Crippen molar-refractivity contribution in [1.29, 1.82) is 0 Å². The van der Waals surface area contributed by atoms with Crippen LogP contribution in [0.1, 0.15) is 28.4 Å². The van der Waals surface area contributed by atoms with Gasteiger partial charge in [0.05, 0.1) is 31.0 Å². The first-order valence-corrected chi connectivity index (χ1v) is 11.1. The number of hydrogen-bond donors (Lipinski definition) is 2. The maximum Gasteiger partial charge on any atom is 0.307 e. The number of amides is 2. The molecule has 2 N–H and O–H groups in total. The van der Waals surface area contributed by atoms with E-state index in [4.69, 9.17) is 0 Å². The average molecular weight is 463 g/mol. The number of carbonyl (C=O) groups is 3. The molecule has 1 saturated heterocycles. The Morgan fingerprint density at radius 1 is 1.16 bits per heavy atom. The molecule has 0 bridgehead atoms. The summed E-state index contributed by atoms with van der Waals surface area (Å²) in [6.07, 6.45) is -0.169. The summed E-state index contributed by atoms with van der Waals surface area (Å²) in [6, 6.07) is 9.80. The zero-order valence-electron chi connectivity index (χ0n) is 17.2. The Kier molecular flexibility index (Phi) is 7.21. The Hall–Kier alpha value is -3.31. The maximum atomic E-state index is 13.2. The number of halogens is 1. The minimum Gasteiger partial charge on any atom is -0.469 e. The van der Waals surface area contributed by atoms with Gasteiger partial charge >= 0.3 is 5.97 Å². The summed E-state index contributed by atoms with van der Waals surface area (Å²) in [6.45, 7) is 0.115. The molecule has 1 unspecified atom stereocenters. The third-order valence-electron chi connectivity index (χ3n) is 4.93. The Morgan fingerprint density at radius 3 is 2.41 bits per heavy atom. The van der Waals surface area contributed by atoms with Gasteiger partial charge in [-0.15, -0.1) is 0 Å². The number of hydrogen-bond acceptors (Lipinski definition) is 6. The Bertz CT molecular complexity index is 1100. The van der Waals surface area contributed by atoms with Gasteiger partial charge in [-0.25, -0.2) is 12.8 Å². The van der Waals surface area contributed by atoms with E-state index in [-0.39, 0.29) is 42.4 Å². The van der Waals surface area contributed by atoms with Gasteiger partial charge in [0.2, 0.25) is 15.9 Å². The molecule has 0 radical (unpaired) electrons. The highest BCUT2D eigenvalue weighted by Gasteiger charge is 2.29. The highest BCUT2D eigenvalue weighted by atomic mass is 32.2. The Balaban J connectivity index is 1.76. The molecule has 1 atom stereocenters. The van der Waals surface area contributed by atoms with E-state index in [1.165, 1.54) is 55.6 Å². The van der Waals surface area contributed by atoms with E-state index in [0.29, 0.717) is 5.56 Å². The van der Waals surface area contributed by atoms with Gasteiger partial charge in [-0.2, -0.15) is 4.31 Å². The van der Waals surface area contributed by atoms with E-state index in [0.717, 1.165) is 4.31 Å². The number of methoxy groups -OCH3 is 1. The molecule has 1 fully saturated rings. The first-order chi connectivity index (χ1) is 15.2. The number of sulfonamides is 1. The van der Waals surface area contributed by atoms with Crippen molar-refractivity contribution in [2.75, 3.05) is 26.7 Å². The van der Waals surface area contributed by atoms with Crippen LogP contribution in [0.2, 0.25) is 0 Å². The lowest BCUT2D eigenvalue weighted by Gasteiger charge is -2.26. The zero-order chi connectivity index (χ0) is 23.3. The second-order valence-corrected chi connectivity index (χ2v) is 9.01. The molecule has 1 heterocycles. The topological polar surface area (TPSA) is 122 Å². The van der Waals surface area contributed by atoms with E-state index < -0.39 is 33.8 Å². The van der Waals surface area contributed by atoms with Crippen molar-refractivity contribution < 1.29 is 31.9 Å². The van der Waals surface area contributed by atoms with E-state index in [9.17, 15) is 27.2 Å². The van der Waals surface area contributed by atoms with Crippen molar-refractivity contribution in [3.05, 3.63) is 65.5 Å². The highest BCUT2D eigenvalue weighted by molar-refractivity contribution is 7.89. The minimum absolute atomic E-state index is 0.0478. The lowest BCUT2D eigenvalue weighted by atomic mass is 10.0. The van der Waals surface area contributed by atoms with Gasteiger partial charge in [0, 0.05) is 18.7 Å². The second-order valence-electron chi connectivity index (χ2n) is 7.07. The lowest BCUT2D eigenvalue weighted by molar-refractivity contribution is -0.141. The van der Waals surface area contributed by atoms with Crippen LogP contribution in [0, 0.1) is 5.82 Å². The molecular weight excluding hydrogens is 441 g/mol. The van der Waals surface area contributed by atoms with Crippen LogP contribution in [0.15, 0.2) is 53.4 Å². The van der Waals surface area contributed by atoms with Crippen molar-refractivity contribution >= 4 is 27.8 Å². The van der Waals surface area contributed by atoms with Crippen molar-refractivity contribution in [2.24, 2.45) is 0 Å². The predicted molar refractivity (Wildman–Crippen MR) is 111 cm³/mol. The van der Waals surface area contributed by atoms with Crippen LogP contribution in [-0.4, -0.2) is 57.3 Å². The molecule has 3 rings (SSSR count). The van der Waals surface area contributed by atoms with Crippen LogP contribution in [0.4, 0.5) is 4.39 Å². The van der Waals surface area contributed by atoms with Gasteiger partial charge in [-0.3, -0.25) is 14.4 Å². The van der Waals surface area contributed by atoms with Crippen molar-refractivity contribution in [2.45, 2.75) is 17.4 Å². The van der Waals surface area contributed by atoms with Crippen LogP contribution < -0.4 is 10.6 Å². The monoisotopic (exact) mass is 463 g/mol. The van der Waals surface area contributed by atoms with Crippen LogP contribution in [-0.2, 0) is 24.3 Å². The van der Waals surface area contributed by atoms with E-state index in [1.807, 2.05) is 0 Å². The summed E-state index contributed by atoms with van der Waals surface area (Å²) in [5.41, 5.74) is 0.671. The van der Waals surface area contributed by atoms with Crippen molar-refractivity contribution in [3.63, 3.8) is 0 Å². The molecule has 0 aliphatic carbocycles. The first-order valence-electron chi connectivity index (χ1n) is 9.71. The van der Waals surface area contributed by atoms with Gasteiger partial charge in [0.25, 0.3) is 5.91 Å². The average Bonchev–Trinajstić information content (AvgIpc) is 2.79. The molecule has 2 amide bonds. The molecule has 1 aliphatic rings. The normalized spacial score (nSPS) is 15.5. The number of ether oxygens (including phenoxy) is 1.